The van der Waals surface area contributed by atoms with Crippen LogP contribution >= 0.6 is 0 Å². The van der Waals surface area contributed by atoms with Gasteiger partial charge in [-0.3, -0.25) is 9.88 Å². The van der Waals surface area contributed by atoms with E-state index in [9.17, 15) is 5.11 Å². The van der Waals surface area contributed by atoms with Crippen LogP contribution < -0.4 is 4.74 Å². The monoisotopic (exact) mass is 414 g/mol. The minimum atomic E-state index is -0.788. The first kappa shape index (κ1) is 20.2. The van der Waals surface area contributed by atoms with Gasteiger partial charge in [0.05, 0.1) is 12.8 Å². The lowest BCUT2D eigenvalue weighted by molar-refractivity contribution is -0.151. The number of likely N-dealkylation sites (tertiary alicyclic amines) is 1. The summed E-state index contributed by atoms with van der Waals surface area (Å²) in [6, 6.07) is 22.8. The number of benzene rings is 2. The largest absolute Gasteiger partial charge is 0.496 e. The summed E-state index contributed by atoms with van der Waals surface area (Å²) in [5.41, 5.74) is 3.65. The molecule has 1 saturated heterocycles. The zero-order chi connectivity index (χ0) is 21.3. The molecule has 2 atom stereocenters. The zero-order valence-corrected chi connectivity index (χ0v) is 18.1. The van der Waals surface area contributed by atoms with Gasteiger partial charge < -0.3 is 9.84 Å². The number of rotatable bonds is 5. The lowest BCUT2D eigenvalue weighted by atomic mass is 9.64. The van der Waals surface area contributed by atoms with Gasteiger partial charge in [-0.05, 0) is 42.2 Å². The van der Waals surface area contributed by atoms with Gasteiger partial charge in [0, 0.05) is 43.2 Å². The maximum absolute atomic E-state index is 11.7. The molecule has 2 aliphatic rings. The second kappa shape index (κ2) is 8.45. The number of aromatic nitrogens is 1. The zero-order valence-electron chi connectivity index (χ0n) is 18.1. The van der Waals surface area contributed by atoms with E-state index in [0.29, 0.717) is 0 Å². The summed E-state index contributed by atoms with van der Waals surface area (Å²) >= 11 is 0. The quantitative estimate of drug-likeness (QED) is 0.647. The van der Waals surface area contributed by atoms with Crippen molar-refractivity contribution in [1.29, 1.82) is 0 Å². The second-order valence-corrected chi connectivity index (χ2v) is 8.96. The standard InChI is InChI=1S/C27H30N2O2/c1-31-25-10-3-2-9-24(25)21-14-12-20(13-15-21)17-29-18-22-7-6-8-23(19-29)27(22,30)26-11-4-5-16-28-26/h2-5,9-16,22-23,30H,6-8,17-19H2,1H3/t22-,23-/m0/s1. The van der Waals surface area contributed by atoms with Gasteiger partial charge in [0.2, 0.25) is 0 Å². The van der Waals surface area contributed by atoms with Crippen molar-refractivity contribution in [2.75, 3.05) is 20.2 Å². The molecule has 4 nitrogen and oxygen atoms in total. The molecule has 31 heavy (non-hydrogen) atoms. The number of hydrogen-bond donors (Lipinski definition) is 1. The van der Waals surface area contributed by atoms with Crippen LogP contribution in [-0.2, 0) is 12.1 Å². The normalized spacial score (nSPS) is 25.9. The third-order valence-corrected chi connectivity index (χ3v) is 7.16. The van der Waals surface area contributed by atoms with E-state index in [1.165, 1.54) is 17.5 Å². The van der Waals surface area contributed by atoms with Gasteiger partial charge in [0.25, 0.3) is 0 Å². The molecule has 3 aromatic rings. The highest BCUT2D eigenvalue weighted by Crippen LogP contribution is 2.48. The molecule has 2 heterocycles. The predicted molar refractivity (Wildman–Crippen MR) is 123 cm³/mol. The SMILES string of the molecule is COc1ccccc1-c1ccc(CN2C[C@@H]3CCC[C@@H](C2)C3(O)c2ccccn2)cc1. The van der Waals surface area contributed by atoms with E-state index < -0.39 is 5.60 Å². The van der Waals surface area contributed by atoms with Crippen LogP contribution in [0.4, 0.5) is 0 Å². The van der Waals surface area contributed by atoms with E-state index in [1.54, 1.807) is 13.3 Å². The molecule has 1 saturated carbocycles. The van der Waals surface area contributed by atoms with Crippen LogP contribution in [0.5, 0.6) is 5.75 Å². The van der Waals surface area contributed by atoms with Gasteiger partial charge in [-0.1, -0.05) is 55.0 Å². The first-order chi connectivity index (χ1) is 15.2. The number of methoxy groups -OCH3 is 1. The Morgan fingerprint density at radius 3 is 2.35 bits per heavy atom. The van der Waals surface area contributed by atoms with E-state index in [1.807, 2.05) is 36.4 Å². The summed E-state index contributed by atoms with van der Waals surface area (Å²) < 4.78 is 5.51. The summed E-state index contributed by atoms with van der Waals surface area (Å²) in [6.07, 6.45) is 5.13. The Balaban J connectivity index is 1.32. The lowest BCUT2D eigenvalue weighted by Gasteiger charge is -2.52. The fourth-order valence-corrected chi connectivity index (χ4v) is 5.62. The molecule has 0 amide bonds. The molecule has 160 valence electrons. The fraction of sp³-hybridized carbons (Fsp3) is 0.370. The Morgan fingerprint density at radius 2 is 1.68 bits per heavy atom. The summed E-state index contributed by atoms with van der Waals surface area (Å²) in [4.78, 5) is 7.06. The Bertz CT molecular complexity index is 1000. The number of pyridine rings is 1. The van der Waals surface area contributed by atoms with Crippen LogP contribution in [-0.4, -0.2) is 35.2 Å². The van der Waals surface area contributed by atoms with Gasteiger partial charge in [-0.15, -0.1) is 0 Å². The Morgan fingerprint density at radius 1 is 0.968 bits per heavy atom. The highest BCUT2D eigenvalue weighted by Gasteiger charge is 2.52. The molecule has 1 N–H and O–H groups in total. The van der Waals surface area contributed by atoms with E-state index in [0.717, 1.165) is 49.5 Å². The van der Waals surface area contributed by atoms with Crippen LogP contribution in [0.15, 0.2) is 72.9 Å². The van der Waals surface area contributed by atoms with Crippen molar-refractivity contribution in [3.63, 3.8) is 0 Å². The Kier molecular flexibility index (Phi) is 5.51. The first-order valence-corrected chi connectivity index (χ1v) is 11.3. The molecule has 2 fully saturated rings. The molecule has 0 spiro atoms. The molecule has 1 aromatic heterocycles. The first-order valence-electron chi connectivity index (χ1n) is 11.3. The van der Waals surface area contributed by atoms with Crippen molar-refractivity contribution in [3.05, 3.63) is 84.2 Å². The van der Waals surface area contributed by atoms with E-state index in [2.05, 4.69) is 40.2 Å². The maximum atomic E-state index is 11.7. The molecule has 5 rings (SSSR count). The minimum Gasteiger partial charge on any atom is -0.496 e. The predicted octanol–water partition coefficient (Wildman–Crippen LogP) is 4.88. The number of nitrogens with zero attached hydrogens (tertiary/aromatic N) is 2. The molecule has 2 bridgehead atoms. The van der Waals surface area contributed by atoms with Crippen molar-refractivity contribution < 1.29 is 9.84 Å². The molecular formula is C27H30N2O2. The lowest BCUT2D eigenvalue weighted by Crippen LogP contribution is -2.58. The van der Waals surface area contributed by atoms with Crippen molar-refractivity contribution >= 4 is 0 Å². The minimum absolute atomic E-state index is 0.239. The van der Waals surface area contributed by atoms with Crippen molar-refractivity contribution in [2.24, 2.45) is 11.8 Å². The summed E-state index contributed by atoms with van der Waals surface area (Å²) in [7, 11) is 1.71. The number of piperidine rings is 1. The maximum Gasteiger partial charge on any atom is 0.126 e. The molecule has 1 aliphatic carbocycles. The van der Waals surface area contributed by atoms with E-state index in [-0.39, 0.29) is 11.8 Å². The Hall–Kier alpha value is -2.69. The molecule has 0 radical (unpaired) electrons. The highest BCUT2D eigenvalue weighted by atomic mass is 16.5. The average Bonchev–Trinajstić information content (AvgIpc) is 2.81. The third kappa shape index (κ3) is 3.75. The number of ether oxygens (including phenoxy) is 1. The smallest absolute Gasteiger partial charge is 0.126 e. The van der Waals surface area contributed by atoms with Crippen molar-refractivity contribution in [1.82, 2.24) is 9.88 Å². The van der Waals surface area contributed by atoms with Crippen LogP contribution in [0, 0.1) is 11.8 Å². The summed E-state index contributed by atoms with van der Waals surface area (Å²) in [5, 5.41) is 11.7. The number of aliphatic hydroxyl groups is 1. The summed E-state index contributed by atoms with van der Waals surface area (Å²) in [6.45, 7) is 2.74. The molecule has 2 aromatic carbocycles. The van der Waals surface area contributed by atoms with Crippen molar-refractivity contribution in [3.8, 4) is 16.9 Å². The van der Waals surface area contributed by atoms with Gasteiger partial charge in [-0.25, -0.2) is 0 Å². The molecule has 4 heteroatoms. The highest BCUT2D eigenvalue weighted by molar-refractivity contribution is 5.70. The molecular weight excluding hydrogens is 384 g/mol. The topological polar surface area (TPSA) is 45.6 Å². The van der Waals surface area contributed by atoms with Gasteiger partial charge >= 0.3 is 0 Å². The second-order valence-electron chi connectivity index (χ2n) is 8.96. The van der Waals surface area contributed by atoms with E-state index in [4.69, 9.17) is 4.74 Å². The van der Waals surface area contributed by atoms with Gasteiger partial charge in [-0.2, -0.15) is 0 Å². The van der Waals surface area contributed by atoms with Crippen molar-refractivity contribution in [2.45, 2.75) is 31.4 Å². The number of hydrogen-bond acceptors (Lipinski definition) is 4. The van der Waals surface area contributed by atoms with Crippen LogP contribution in [0.25, 0.3) is 11.1 Å². The van der Waals surface area contributed by atoms with Gasteiger partial charge in [0.1, 0.15) is 11.4 Å². The fourth-order valence-electron chi connectivity index (χ4n) is 5.62. The molecule has 0 unspecified atom stereocenters. The number of fused-ring (bicyclic) bond motifs is 2. The Labute approximate surface area is 184 Å². The van der Waals surface area contributed by atoms with Crippen LogP contribution in [0.1, 0.15) is 30.5 Å². The van der Waals surface area contributed by atoms with Crippen LogP contribution in [0.3, 0.4) is 0 Å². The average molecular weight is 415 g/mol. The van der Waals surface area contributed by atoms with Crippen LogP contribution in [0.2, 0.25) is 0 Å². The number of para-hydroxylation sites is 1. The van der Waals surface area contributed by atoms with Gasteiger partial charge in [0.15, 0.2) is 0 Å². The summed E-state index contributed by atoms with van der Waals surface area (Å²) in [5.74, 6) is 1.37. The molecule has 1 aliphatic heterocycles. The third-order valence-electron chi connectivity index (χ3n) is 7.16. The van der Waals surface area contributed by atoms with E-state index >= 15 is 0 Å².